The molecule has 0 saturated carbocycles. The summed E-state index contributed by atoms with van der Waals surface area (Å²) in [5, 5.41) is 7.56. The van der Waals surface area contributed by atoms with Crippen molar-refractivity contribution in [2.24, 2.45) is 0 Å². The number of ether oxygens (including phenoxy) is 1. The molecule has 0 aliphatic carbocycles. The molecular formula is C14H25N3O2. The third-order valence-electron chi connectivity index (χ3n) is 4.15. The predicted octanol–water partition coefficient (Wildman–Crippen LogP) is 2.37. The quantitative estimate of drug-likeness (QED) is 0.887. The Morgan fingerprint density at radius 3 is 2.84 bits per heavy atom. The van der Waals surface area contributed by atoms with Gasteiger partial charge in [-0.3, -0.25) is 0 Å². The number of rotatable bonds is 5. The zero-order chi connectivity index (χ0) is 13.9. The van der Waals surface area contributed by atoms with Crippen LogP contribution in [-0.4, -0.2) is 29.8 Å². The van der Waals surface area contributed by atoms with Gasteiger partial charge in [0.2, 0.25) is 11.7 Å². The van der Waals surface area contributed by atoms with E-state index in [1.807, 2.05) is 13.8 Å². The van der Waals surface area contributed by atoms with Crippen LogP contribution >= 0.6 is 0 Å². The van der Waals surface area contributed by atoms with E-state index < -0.39 is 5.60 Å². The summed E-state index contributed by atoms with van der Waals surface area (Å²) in [7, 11) is 0. The van der Waals surface area contributed by atoms with Gasteiger partial charge in [0.05, 0.1) is 5.41 Å². The number of aromatic nitrogens is 2. The lowest BCUT2D eigenvalue weighted by Crippen LogP contribution is -2.41. The lowest BCUT2D eigenvalue weighted by Gasteiger charge is -2.30. The van der Waals surface area contributed by atoms with Gasteiger partial charge in [0.15, 0.2) is 0 Å². The number of piperidine rings is 1. The van der Waals surface area contributed by atoms with Crippen LogP contribution in [0.25, 0.3) is 0 Å². The molecule has 2 atom stereocenters. The average Bonchev–Trinajstić information content (AvgIpc) is 2.91. The summed E-state index contributed by atoms with van der Waals surface area (Å²) in [5.74, 6) is 1.40. The van der Waals surface area contributed by atoms with E-state index >= 15 is 0 Å². The van der Waals surface area contributed by atoms with E-state index in [-0.39, 0.29) is 5.41 Å². The molecule has 108 valence electrons. The van der Waals surface area contributed by atoms with Gasteiger partial charge >= 0.3 is 0 Å². The summed E-state index contributed by atoms with van der Waals surface area (Å²) in [6, 6.07) is 0. The van der Waals surface area contributed by atoms with E-state index in [2.05, 4.69) is 29.3 Å². The molecule has 1 saturated heterocycles. The molecule has 19 heavy (non-hydrogen) atoms. The highest BCUT2D eigenvalue weighted by Crippen LogP contribution is 2.32. The van der Waals surface area contributed by atoms with Crippen molar-refractivity contribution in [2.75, 3.05) is 19.7 Å². The minimum absolute atomic E-state index is 0.0512. The summed E-state index contributed by atoms with van der Waals surface area (Å²) in [6.45, 7) is 10.9. The Labute approximate surface area is 115 Å². The van der Waals surface area contributed by atoms with Gasteiger partial charge in [-0.1, -0.05) is 12.1 Å². The molecule has 1 fully saturated rings. The van der Waals surface area contributed by atoms with Crippen molar-refractivity contribution in [3.8, 4) is 0 Å². The first-order valence-electron chi connectivity index (χ1n) is 7.23. The summed E-state index contributed by atoms with van der Waals surface area (Å²) in [4.78, 5) is 4.62. The minimum Gasteiger partial charge on any atom is -0.367 e. The van der Waals surface area contributed by atoms with Gasteiger partial charge in [-0.15, -0.1) is 0 Å². The van der Waals surface area contributed by atoms with E-state index in [4.69, 9.17) is 9.26 Å². The van der Waals surface area contributed by atoms with E-state index in [1.165, 1.54) is 0 Å². The monoisotopic (exact) mass is 267 g/mol. The third kappa shape index (κ3) is 2.82. The largest absolute Gasteiger partial charge is 0.367 e. The SMILES string of the molecule is CCOC(C)(CC)c1noc(C2(C)CCCNC2)n1. The fourth-order valence-electron chi connectivity index (χ4n) is 2.57. The molecule has 1 aromatic rings. The van der Waals surface area contributed by atoms with E-state index in [9.17, 15) is 0 Å². The fourth-order valence-corrected chi connectivity index (χ4v) is 2.57. The predicted molar refractivity (Wildman–Crippen MR) is 73.0 cm³/mol. The first-order valence-corrected chi connectivity index (χ1v) is 7.23. The van der Waals surface area contributed by atoms with Crippen molar-refractivity contribution in [1.82, 2.24) is 15.5 Å². The average molecular weight is 267 g/mol. The summed E-state index contributed by atoms with van der Waals surface area (Å²) >= 11 is 0. The van der Waals surface area contributed by atoms with Crippen LogP contribution in [0.5, 0.6) is 0 Å². The molecule has 5 nitrogen and oxygen atoms in total. The zero-order valence-corrected chi connectivity index (χ0v) is 12.5. The van der Waals surface area contributed by atoms with Crippen LogP contribution in [0.15, 0.2) is 4.52 Å². The normalized spacial score (nSPS) is 27.2. The molecule has 2 heterocycles. The number of hydrogen-bond acceptors (Lipinski definition) is 5. The van der Waals surface area contributed by atoms with Crippen molar-refractivity contribution in [3.05, 3.63) is 11.7 Å². The van der Waals surface area contributed by atoms with Crippen LogP contribution in [0, 0.1) is 0 Å². The number of nitrogens with zero attached hydrogens (tertiary/aromatic N) is 2. The standard InChI is InChI=1S/C14H25N3O2/c1-5-14(4,18-6-2)11-16-12(19-17-11)13(3)8-7-9-15-10-13/h15H,5-10H2,1-4H3. The lowest BCUT2D eigenvalue weighted by atomic mass is 9.82. The second-order valence-corrected chi connectivity index (χ2v) is 5.78. The van der Waals surface area contributed by atoms with Crippen LogP contribution in [0.3, 0.4) is 0 Å². The molecular weight excluding hydrogens is 242 g/mol. The van der Waals surface area contributed by atoms with Crippen LogP contribution < -0.4 is 5.32 Å². The Morgan fingerprint density at radius 1 is 1.47 bits per heavy atom. The van der Waals surface area contributed by atoms with Gasteiger partial charge in [-0.2, -0.15) is 4.98 Å². The van der Waals surface area contributed by atoms with E-state index in [0.29, 0.717) is 12.4 Å². The Bertz CT molecular complexity index is 389. The Hall–Kier alpha value is -0.940. The Balaban J connectivity index is 2.22. The first-order chi connectivity index (χ1) is 9.04. The molecule has 2 rings (SSSR count). The molecule has 0 radical (unpaired) electrons. The molecule has 1 aromatic heterocycles. The van der Waals surface area contributed by atoms with Crippen molar-refractivity contribution >= 4 is 0 Å². The van der Waals surface area contributed by atoms with Crippen LogP contribution in [0.4, 0.5) is 0 Å². The molecule has 1 aliphatic heterocycles. The fraction of sp³-hybridized carbons (Fsp3) is 0.857. The highest BCUT2D eigenvalue weighted by atomic mass is 16.5. The summed E-state index contributed by atoms with van der Waals surface area (Å²) in [6.07, 6.45) is 3.05. The van der Waals surface area contributed by atoms with Crippen LogP contribution in [0.2, 0.25) is 0 Å². The van der Waals surface area contributed by atoms with Gasteiger partial charge in [-0.25, -0.2) is 0 Å². The Morgan fingerprint density at radius 2 is 2.26 bits per heavy atom. The molecule has 0 amide bonds. The molecule has 0 spiro atoms. The summed E-state index contributed by atoms with van der Waals surface area (Å²) in [5.41, 5.74) is -0.501. The molecule has 1 aliphatic rings. The Kier molecular flexibility index (Phi) is 4.26. The number of nitrogens with one attached hydrogen (secondary N) is 1. The molecule has 2 unspecified atom stereocenters. The van der Waals surface area contributed by atoms with Crippen molar-refractivity contribution in [2.45, 2.75) is 58.0 Å². The van der Waals surface area contributed by atoms with Crippen LogP contribution in [-0.2, 0) is 15.8 Å². The summed E-state index contributed by atoms with van der Waals surface area (Å²) < 4.78 is 11.3. The van der Waals surface area contributed by atoms with Gasteiger partial charge in [0, 0.05) is 13.2 Å². The maximum Gasteiger partial charge on any atom is 0.233 e. The maximum absolute atomic E-state index is 5.80. The van der Waals surface area contributed by atoms with E-state index in [0.717, 1.165) is 38.2 Å². The second-order valence-electron chi connectivity index (χ2n) is 5.78. The topological polar surface area (TPSA) is 60.2 Å². The smallest absolute Gasteiger partial charge is 0.233 e. The minimum atomic E-state index is -0.449. The maximum atomic E-state index is 5.80. The second kappa shape index (κ2) is 5.59. The molecule has 5 heteroatoms. The van der Waals surface area contributed by atoms with Crippen LogP contribution in [0.1, 0.15) is 58.7 Å². The van der Waals surface area contributed by atoms with Gasteiger partial charge in [-0.05, 0) is 46.6 Å². The molecule has 0 aromatic carbocycles. The molecule has 0 bridgehead atoms. The van der Waals surface area contributed by atoms with Crippen molar-refractivity contribution < 1.29 is 9.26 Å². The molecule has 1 N–H and O–H groups in total. The first kappa shape index (κ1) is 14.5. The van der Waals surface area contributed by atoms with E-state index in [1.54, 1.807) is 0 Å². The third-order valence-corrected chi connectivity index (χ3v) is 4.15. The van der Waals surface area contributed by atoms with Crippen molar-refractivity contribution in [3.63, 3.8) is 0 Å². The number of hydrogen-bond donors (Lipinski definition) is 1. The zero-order valence-electron chi connectivity index (χ0n) is 12.5. The van der Waals surface area contributed by atoms with Gasteiger partial charge in [0.1, 0.15) is 5.60 Å². The van der Waals surface area contributed by atoms with Crippen molar-refractivity contribution in [1.29, 1.82) is 0 Å². The van der Waals surface area contributed by atoms with Gasteiger partial charge in [0.25, 0.3) is 0 Å². The van der Waals surface area contributed by atoms with Gasteiger partial charge < -0.3 is 14.6 Å². The highest BCUT2D eigenvalue weighted by Gasteiger charge is 2.37. The highest BCUT2D eigenvalue weighted by molar-refractivity contribution is 5.09. The lowest BCUT2D eigenvalue weighted by molar-refractivity contribution is -0.0403.